The second kappa shape index (κ2) is 10.1. The van der Waals surface area contributed by atoms with E-state index in [1.807, 2.05) is 51.1 Å². The van der Waals surface area contributed by atoms with Gasteiger partial charge in [0.05, 0.1) is 24.9 Å². The van der Waals surface area contributed by atoms with Gasteiger partial charge >= 0.3 is 0 Å². The summed E-state index contributed by atoms with van der Waals surface area (Å²) in [4.78, 5) is 24.4. The zero-order chi connectivity index (χ0) is 25.3. The number of ether oxygens (including phenoxy) is 1. The number of ketones is 1. The molecule has 7 nitrogen and oxygen atoms in total. The molecule has 0 spiro atoms. The third-order valence-corrected chi connectivity index (χ3v) is 7.53. The summed E-state index contributed by atoms with van der Waals surface area (Å²) < 4.78 is 10.9. The molecule has 0 N–H and O–H groups in total. The van der Waals surface area contributed by atoms with Crippen LogP contribution < -0.4 is 9.80 Å². The van der Waals surface area contributed by atoms with Crippen LogP contribution in [0.5, 0.6) is 0 Å². The van der Waals surface area contributed by atoms with Gasteiger partial charge in [-0.2, -0.15) is 0 Å². The number of carbonyl (C=O) groups is 1. The highest BCUT2D eigenvalue weighted by molar-refractivity contribution is 7.98. The number of pyridine rings is 1. The van der Waals surface area contributed by atoms with Crippen molar-refractivity contribution in [3.63, 3.8) is 0 Å². The Labute approximate surface area is 216 Å². The topological polar surface area (TPSA) is 71.7 Å². The lowest BCUT2D eigenvalue weighted by atomic mass is 9.74. The number of thioether (sulfide) groups is 1. The van der Waals surface area contributed by atoms with Crippen molar-refractivity contribution in [2.75, 3.05) is 48.9 Å². The molecule has 1 atom stereocenters. The molecule has 2 aromatic heterocycles. The van der Waals surface area contributed by atoms with E-state index in [0.717, 1.165) is 41.7 Å². The predicted molar refractivity (Wildman–Crippen MR) is 144 cm³/mol. The zero-order valence-electron chi connectivity index (χ0n) is 21.2. The van der Waals surface area contributed by atoms with E-state index in [9.17, 15) is 4.79 Å². The molecule has 0 radical (unpaired) electrons. The van der Waals surface area contributed by atoms with Crippen LogP contribution in [0.1, 0.15) is 36.9 Å². The third kappa shape index (κ3) is 4.92. The summed E-state index contributed by atoms with van der Waals surface area (Å²) in [6.07, 6.45) is 4.02. The molecule has 0 bridgehead atoms. The first-order chi connectivity index (χ1) is 17.4. The molecule has 188 valence electrons. The number of hydrogen-bond acceptors (Lipinski definition) is 8. The number of anilines is 2. The van der Waals surface area contributed by atoms with Crippen LogP contribution in [0.3, 0.4) is 0 Å². The molecule has 8 heteroatoms. The molecule has 2 aliphatic heterocycles. The van der Waals surface area contributed by atoms with E-state index in [0.29, 0.717) is 25.3 Å². The monoisotopic (exact) mass is 504 g/mol. The Bertz CT molecular complexity index is 1260. The van der Waals surface area contributed by atoms with Gasteiger partial charge in [0, 0.05) is 41.6 Å². The van der Waals surface area contributed by atoms with Crippen molar-refractivity contribution in [3.05, 3.63) is 71.1 Å². The van der Waals surface area contributed by atoms with Gasteiger partial charge in [-0.25, -0.2) is 4.98 Å². The number of nitrogens with zero attached hydrogens (tertiary/aromatic N) is 4. The molecular formula is C28H32N4O3S. The van der Waals surface area contributed by atoms with Crippen LogP contribution in [0, 0.1) is 12.3 Å². The Morgan fingerprint density at radius 3 is 2.50 bits per heavy atom. The highest BCUT2D eigenvalue weighted by atomic mass is 32.2. The van der Waals surface area contributed by atoms with E-state index in [1.165, 1.54) is 4.90 Å². The Kier molecular flexibility index (Phi) is 6.90. The lowest BCUT2D eigenvalue weighted by Gasteiger charge is -2.44. The van der Waals surface area contributed by atoms with Crippen molar-refractivity contribution in [2.24, 2.45) is 5.41 Å². The van der Waals surface area contributed by atoms with Gasteiger partial charge < -0.3 is 19.1 Å². The Balaban J connectivity index is 1.62. The largest absolute Gasteiger partial charge is 0.378 e. The fraction of sp³-hybridized carbons (Fsp3) is 0.393. The van der Waals surface area contributed by atoms with Gasteiger partial charge in [0.25, 0.3) is 0 Å². The highest BCUT2D eigenvalue weighted by Gasteiger charge is 2.45. The fourth-order valence-electron chi connectivity index (χ4n) is 4.91. The standard InChI is InChI=1S/C28H32N4O3S/c1-19-16-25(30-35-19)32-18-28(2,3)27(33)23(26(32)20-8-10-22(36-4)11-9-20)17-21-6-5-7-24(29-21)31-12-14-34-15-13-31/h5-11,16-17,26H,12-15,18H2,1-4H3. The number of benzene rings is 1. The summed E-state index contributed by atoms with van der Waals surface area (Å²) in [5, 5.41) is 4.33. The smallest absolute Gasteiger partial charge is 0.173 e. The van der Waals surface area contributed by atoms with E-state index < -0.39 is 5.41 Å². The van der Waals surface area contributed by atoms with Crippen LogP contribution in [0.2, 0.25) is 0 Å². The number of piperidine rings is 1. The van der Waals surface area contributed by atoms with Crippen LogP contribution in [0.25, 0.3) is 6.08 Å². The van der Waals surface area contributed by atoms with E-state index >= 15 is 0 Å². The Morgan fingerprint density at radius 2 is 1.83 bits per heavy atom. The molecule has 1 aromatic carbocycles. The second-order valence-electron chi connectivity index (χ2n) is 9.93. The first-order valence-corrected chi connectivity index (χ1v) is 13.5. The van der Waals surface area contributed by atoms with Crippen LogP contribution in [-0.4, -0.2) is 55.0 Å². The Hall–Kier alpha value is -3.10. The number of aromatic nitrogens is 2. The molecule has 1 unspecified atom stereocenters. The lowest BCUT2D eigenvalue weighted by Crippen LogP contribution is -2.49. The van der Waals surface area contributed by atoms with Crippen molar-refractivity contribution in [1.82, 2.24) is 10.1 Å². The molecule has 5 rings (SSSR count). The number of hydrogen-bond donors (Lipinski definition) is 0. The van der Waals surface area contributed by atoms with E-state index in [2.05, 4.69) is 45.5 Å². The zero-order valence-corrected chi connectivity index (χ0v) is 22.0. The fourth-order valence-corrected chi connectivity index (χ4v) is 5.32. The molecule has 3 aromatic rings. The summed E-state index contributed by atoms with van der Waals surface area (Å²) in [5.41, 5.74) is 1.90. The van der Waals surface area contributed by atoms with Gasteiger partial charge in [-0.1, -0.05) is 37.2 Å². The van der Waals surface area contributed by atoms with Crippen LogP contribution in [0.4, 0.5) is 11.6 Å². The van der Waals surface area contributed by atoms with Crippen LogP contribution >= 0.6 is 11.8 Å². The summed E-state index contributed by atoms with van der Waals surface area (Å²) >= 11 is 1.70. The molecule has 0 saturated carbocycles. The Morgan fingerprint density at radius 1 is 1.08 bits per heavy atom. The molecule has 2 fully saturated rings. The molecule has 0 aliphatic carbocycles. The van der Waals surface area contributed by atoms with Crippen molar-refractivity contribution < 1.29 is 14.1 Å². The maximum Gasteiger partial charge on any atom is 0.173 e. The van der Waals surface area contributed by atoms with Crippen LogP contribution in [0.15, 0.2) is 63.5 Å². The van der Waals surface area contributed by atoms with E-state index in [-0.39, 0.29) is 11.8 Å². The summed E-state index contributed by atoms with van der Waals surface area (Å²) in [5.74, 6) is 2.49. The summed E-state index contributed by atoms with van der Waals surface area (Å²) in [7, 11) is 0. The third-order valence-electron chi connectivity index (χ3n) is 6.78. The number of carbonyl (C=O) groups excluding carboxylic acids is 1. The molecule has 4 heterocycles. The number of Topliss-reactive ketones (excluding diaryl/α,β-unsaturated/α-hetero) is 1. The van der Waals surface area contributed by atoms with Crippen molar-refractivity contribution in [2.45, 2.75) is 31.7 Å². The van der Waals surface area contributed by atoms with Crippen molar-refractivity contribution in [3.8, 4) is 0 Å². The first kappa shape index (κ1) is 24.6. The van der Waals surface area contributed by atoms with Gasteiger partial charge in [0.2, 0.25) is 0 Å². The number of morpholine rings is 1. The van der Waals surface area contributed by atoms with Crippen LogP contribution in [-0.2, 0) is 9.53 Å². The van der Waals surface area contributed by atoms with Gasteiger partial charge in [0.15, 0.2) is 11.6 Å². The van der Waals surface area contributed by atoms with Gasteiger partial charge in [-0.15, -0.1) is 11.8 Å². The maximum atomic E-state index is 13.9. The lowest BCUT2D eigenvalue weighted by molar-refractivity contribution is -0.124. The molecule has 2 saturated heterocycles. The number of aryl methyl sites for hydroxylation is 1. The summed E-state index contributed by atoms with van der Waals surface area (Å²) in [6, 6.07) is 16.0. The first-order valence-electron chi connectivity index (χ1n) is 12.3. The normalized spacial score (nSPS) is 21.3. The highest BCUT2D eigenvalue weighted by Crippen LogP contribution is 2.44. The maximum absolute atomic E-state index is 13.9. The van der Waals surface area contributed by atoms with Gasteiger partial charge in [0.1, 0.15) is 11.6 Å². The van der Waals surface area contributed by atoms with E-state index in [1.54, 1.807) is 11.8 Å². The average Bonchev–Trinajstić information content (AvgIpc) is 3.33. The molecule has 36 heavy (non-hydrogen) atoms. The minimum Gasteiger partial charge on any atom is -0.378 e. The summed E-state index contributed by atoms with van der Waals surface area (Å²) in [6.45, 7) is 9.41. The quantitative estimate of drug-likeness (QED) is 0.348. The average molecular weight is 505 g/mol. The molecule has 0 amide bonds. The molecule has 2 aliphatic rings. The molecular weight excluding hydrogens is 472 g/mol. The minimum absolute atomic E-state index is 0.122. The second-order valence-corrected chi connectivity index (χ2v) is 10.8. The van der Waals surface area contributed by atoms with Crippen molar-refractivity contribution in [1.29, 1.82) is 0 Å². The van der Waals surface area contributed by atoms with E-state index in [4.69, 9.17) is 14.2 Å². The van der Waals surface area contributed by atoms with Crippen molar-refractivity contribution >= 4 is 35.3 Å². The minimum atomic E-state index is -0.601. The SMILES string of the molecule is CSc1ccc(C2C(=Cc3cccc(N4CCOCC4)n3)C(=O)C(C)(C)CN2c2cc(C)on2)cc1. The van der Waals surface area contributed by atoms with Gasteiger partial charge in [-0.3, -0.25) is 4.79 Å². The van der Waals surface area contributed by atoms with Gasteiger partial charge in [-0.05, 0) is 49.1 Å². The predicted octanol–water partition coefficient (Wildman–Crippen LogP) is 5.18. The number of rotatable bonds is 5.